The van der Waals surface area contributed by atoms with Crippen LogP contribution in [0.5, 0.6) is 0 Å². The number of nitriles is 1. The van der Waals surface area contributed by atoms with Gasteiger partial charge in [0.2, 0.25) is 0 Å². The normalized spacial score (nSPS) is 35.2. The molecule has 0 aliphatic heterocycles. The Kier molecular flexibility index (Phi) is 5.76. The van der Waals surface area contributed by atoms with Crippen LogP contribution in [-0.4, -0.2) is 7.85 Å². The molecule has 0 heterocycles. The van der Waals surface area contributed by atoms with E-state index < -0.39 is 0 Å². The molecule has 2 saturated carbocycles. The lowest BCUT2D eigenvalue weighted by molar-refractivity contribution is 0.202. The quantitative estimate of drug-likeness (QED) is 0.483. The van der Waals surface area contributed by atoms with Crippen LogP contribution in [0.2, 0.25) is 6.32 Å². The van der Waals surface area contributed by atoms with Crippen molar-refractivity contribution in [2.24, 2.45) is 35.5 Å². The van der Waals surface area contributed by atoms with Gasteiger partial charge in [-0.25, -0.2) is 0 Å². The molecule has 0 aromatic rings. The first-order chi connectivity index (χ1) is 9.71. The Morgan fingerprint density at radius 2 is 2.20 bits per heavy atom. The van der Waals surface area contributed by atoms with E-state index in [1.807, 2.05) is 6.08 Å². The second kappa shape index (κ2) is 7.35. The fraction of sp³-hybridized carbons (Fsp3) is 0.833. The number of hydrogen-bond acceptors (Lipinski definition) is 1. The largest absolute Gasteiger partial charge is 0.198 e. The van der Waals surface area contributed by atoms with Crippen molar-refractivity contribution in [3.05, 3.63) is 12.7 Å². The van der Waals surface area contributed by atoms with Gasteiger partial charge in [-0.15, -0.1) is 6.58 Å². The zero-order valence-corrected chi connectivity index (χ0v) is 12.9. The third kappa shape index (κ3) is 3.30. The Morgan fingerprint density at radius 1 is 1.45 bits per heavy atom. The Morgan fingerprint density at radius 3 is 2.65 bits per heavy atom. The topological polar surface area (TPSA) is 23.8 Å². The molecular formula is C18H28BN. The molecule has 0 N–H and O–H groups in total. The van der Waals surface area contributed by atoms with Gasteiger partial charge in [0.1, 0.15) is 0 Å². The van der Waals surface area contributed by atoms with Crippen LogP contribution in [0.3, 0.4) is 0 Å². The molecule has 0 aromatic heterocycles. The Labute approximate surface area is 126 Å². The minimum Gasteiger partial charge on any atom is -0.198 e. The summed E-state index contributed by atoms with van der Waals surface area (Å²) in [6.45, 7) is 6.16. The number of nitrogens with zero attached hydrogens (tertiary/aromatic N) is 1. The highest BCUT2D eigenvalue weighted by Gasteiger charge is 2.38. The molecule has 0 amide bonds. The molecule has 0 saturated heterocycles. The third-order valence-corrected chi connectivity index (χ3v) is 6.07. The lowest BCUT2D eigenvalue weighted by Crippen LogP contribution is -2.22. The number of allylic oxidation sites excluding steroid dienone is 1. The van der Waals surface area contributed by atoms with E-state index in [0.29, 0.717) is 17.8 Å². The maximum absolute atomic E-state index is 9.31. The van der Waals surface area contributed by atoms with Crippen LogP contribution >= 0.6 is 0 Å². The van der Waals surface area contributed by atoms with Gasteiger partial charge in [-0.3, -0.25) is 0 Å². The average molecular weight is 269 g/mol. The van der Waals surface area contributed by atoms with Crippen molar-refractivity contribution in [1.82, 2.24) is 0 Å². The minimum absolute atomic E-state index is 0.189. The van der Waals surface area contributed by atoms with E-state index in [-0.39, 0.29) is 5.92 Å². The summed E-state index contributed by atoms with van der Waals surface area (Å²) in [5.41, 5.74) is 0. The Bertz CT molecular complexity index is 355. The number of hydrogen-bond donors (Lipinski definition) is 0. The van der Waals surface area contributed by atoms with Crippen molar-refractivity contribution in [3.8, 4) is 6.07 Å². The zero-order chi connectivity index (χ0) is 14.5. The van der Waals surface area contributed by atoms with Crippen molar-refractivity contribution in [2.75, 3.05) is 0 Å². The first kappa shape index (κ1) is 15.7. The van der Waals surface area contributed by atoms with Gasteiger partial charge in [0.05, 0.1) is 19.8 Å². The summed E-state index contributed by atoms with van der Waals surface area (Å²) in [6, 6.07) is 2.50. The van der Waals surface area contributed by atoms with E-state index in [2.05, 4.69) is 19.6 Å². The number of rotatable bonds is 7. The van der Waals surface area contributed by atoms with Crippen LogP contribution in [0.25, 0.3) is 0 Å². The molecule has 2 radical (unpaired) electrons. The van der Waals surface area contributed by atoms with Gasteiger partial charge in [0, 0.05) is 0 Å². The van der Waals surface area contributed by atoms with Gasteiger partial charge < -0.3 is 0 Å². The zero-order valence-electron chi connectivity index (χ0n) is 12.9. The lowest BCUT2D eigenvalue weighted by atomic mass is 9.69. The summed E-state index contributed by atoms with van der Waals surface area (Å²) in [4.78, 5) is 0. The molecule has 2 aliphatic rings. The highest BCUT2D eigenvalue weighted by Crippen LogP contribution is 2.45. The average Bonchev–Trinajstić information content (AvgIpc) is 2.71. The van der Waals surface area contributed by atoms with Crippen LogP contribution in [-0.2, 0) is 0 Å². The monoisotopic (exact) mass is 269 g/mol. The first-order valence-corrected chi connectivity index (χ1v) is 8.43. The predicted octanol–water partition coefficient (Wildman–Crippen LogP) is 4.76. The summed E-state index contributed by atoms with van der Waals surface area (Å²) in [5, 5.41) is 9.31. The van der Waals surface area contributed by atoms with Gasteiger partial charge in [-0.2, -0.15) is 5.26 Å². The first-order valence-electron chi connectivity index (χ1n) is 8.43. The maximum Gasteiger partial charge on any atom is 0.0664 e. The molecule has 20 heavy (non-hydrogen) atoms. The van der Waals surface area contributed by atoms with Gasteiger partial charge in [-0.1, -0.05) is 57.8 Å². The summed E-state index contributed by atoms with van der Waals surface area (Å²) in [5.74, 6) is 3.51. The van der Waals surface area contributed by atoms with Crippen molar-refractivity contribution in [2.45, 2.75) is 58.2 Å². The van der Waals surface area contributed by atoms with Crippen LogP contribution in [0.4, 0.5) is 0 Å². The summed E-state index contributed by atoms with van der Waals surface area (Å²) in [7, 11) is 5.94. The standard InChI is InChI=1S/C18H28BN/c1-3-14-10-16(13(2)18(14)12-20)8-5-9-17(11-19)15-6-4-7-15/h3,13-18H,1,4-11H2,2H3. The Hall–Kier alpha value is -0.705. The van der Waals surface area contributed by atoms with Gasteiger partial charge >= 0.3 is 0 Å². The predicted molar refractivity (Wildman–Crippen MR) is 85.3 cm³/mol. The lowest BCUT2D eigenvalue weighted by Gasteiger charge is -2.34. The van der Waals surface area contributed by atoms with Gasteiger partial charge in [0.25, 0.3) is 0 Å². The molecule has 0 spiro atoms. The van der Waals surface area contributed by atoms with Crippen molar-refractivity contribution >= 4 is 7.85 Å². The van der Waals surface area contributed by atoms with E-state index in [1.165, 1.54) is 44.9 Å². The molecule has 5 atom stereocenters. The Balaban J connectivity index is 1.76. The fourth-order valence-electron chi connectivity index (χ4n) is 4.33. The molecule has 5 unspecified atom stereocenters. The smallest absolute Gasteiger partial charge is 0.0664 e. The summed E-state index contributed by atoms with van der Waals surface area (Å²) < 4.78 is 0. The second-order valence-corrected chi connectivity index (χ2v) is 7.03. The van der Waals surface area contributed by atoms with Crippen LogP contribution < -0.4 is 0 Å². The summed E-state index contributed by atoms with van der Waals surface area (Å²) in [6.07, 6.45) is 12.1. The van der Waals surface area contributed by atoms with Gasteiger partial charge in [-0.05, 0) is 36.0 Å². The molecule has 108 valence electrons. The van der Waals surface area contributed by atoms with Crippen LogP contribution in [0, 0.1) is 46.8 Å². The van der Waals surface area contributed by atoms with E-state index in [0.717, 1.165) is 18.2 Å². The van der Waals surface area contributed by atoms with E-state index in [4.69, 9.17) is 7.85 Å². The molecular weight excluding hydrogens is 241 g/mol. The molecule has 0 bridgehead atoms. The van der Waals surface area contributed by atoms with Crippen molar-refractivity contribution < 1.29 is 0 Å². The van der Waals surface area contributed by atoms with Crippen LogP contribution in [0.1, 0.15) is 51.9 Å². The molecule has 1 nitrogen and oxygen atoms in total. The third-order valence-electron chi connectivity index (χ3n) is 6.07. The van der Waals surface area contributed by atoms with Crippen LogP contribution in [0.15, 0.2) is 12.7 Å². The highest BCUT2D eigenvalue weighted by molar-refractivity contribution is 6.08. The van der Waals surface area contributed by atoms with Crippen molar-refractivity contribution in [3.63, 3.8) is 0 Å². The summed E-state index contributed by atoms with van der Waals surface area (Å²) >= 11 is 0. The molecule has 2 heteroatoms. The molecule has 2 rings (SSSR count). The van der Waals surface area contributed by atoms with E-state index in [9.17, 15) is 5.26 Å². The molecule has 2 aliphatic carbocycles. The van der Waals surface area contributed by atoms with E-state index >= 15 is 0 Å². The highest BCUT2D eigenvalue weighted by atomic mass is 14.4. The van der Waals surface area contributed by atoms with Crippen molar-refractivity contribution in [1.29, 1.82) is 5.26 Å². The second-order valence-electron chi connectivity index (χ2n) is 7.03. The van der Waals surface area contributed by atoms with E-state index in [1.54, 1.807) is 0 Å². The molecule has 0 aromatic carbocycles. The SMILES string of the molecule is [B]CC(CCCC1CC(C=C)C(C#N)C1C)C1CCC1. The maximum atomic E-state index is 9.31. The minimum atomic E-state index is 0.189. The molecule has 2 fully saturated rings. The van der Waals surface area contributed by atoms with Gasteiger partial charge in [0.15, 0.2) is 0 Å². The fourth-order valence-corrected chi connectivity index (χ4v) is 4.33.